The van der Waals surface area contributed by atoms with Gasteiger partial charge in [-0.2, -0.15) is 19.6 Å². The number of aromatic amines is 1. The molecule has 0 bridgehead atoms. The van der Waals surface area contributed by atoms with Crippen LogP contribution in [0.15, 0.2) is 39.6 Å². The molecule has 0 amide bonds. The quantitative estimate of drug-likeness (QED) is 0.557. The van der Waals surface area contributed by atoms with Crippen molar-refractivity contribution in [3.63, 3.8) is 0 Å². The maximum atomic E-state index is 11.2. The zero-order valence-electron chi connectivity index (χ0n) is 8.74. The lowest BCUT2D eigenvalue weighted by atomic mass is 10.7. The highest BCUT2D eigenvalue weighted by atomic mass is 35.5. The zero-order chi connectivity index (χ0) is 12.5. The van der Waals surface area contributed by atoms with E-state index < -0.39 is 0 Å². The Morgan fingerprint density at radius 2 is 2.28 bits per heavy atom. The van der Waals surface area contributed by atoms with Gasteiger partial charge in [0, 0.05) is 18.3 Å². The monoisotopic (exact) mass is 280 g/mol. The van der Waals surface area contributed by atoms with Gasteiger partial charge in [0.1, 0.15) is 16.5 Å². The van der Waals surface area contributed by atoms with E-state index in [0.29, 0.717) is 21.1 Å². The molecule has 18 heavy (non-hydrogen) atoms. The van der Waals surface area contributed by atoms with E-state index in [4.69, 9.17) is 11.6 Å². The maximum absolute atomic E-state index is 11.2. The predicted octanol–water partition coefficient (Wildman–Crippen LogP) is 1.01. The number of fused-ring (bicyclic) bond motifs is 1. The molecule has 7 nitrogen and oxygen atoms in total. The Kier molecular flexibility index (Phi) is 2.73. The summed E-state index contributed by atoms with van der Waals surface area (Å²) in [5.41, 5.74) is -0.220. The normalized spacial score (nSPS) is 10.9. The van der Waals surface area contributed by atoms with Crippen LogP contribution in [0.5, 0.6) is 0 Å². The van der Waals surface area contributed by atoms with E-state index >= 15 is 0 Å². The Bertz CT molecular complexity index is 769. The van der Waals surface area contributed by atoms with Crippen molar-refractivity contribution in [3.05, 3.63) is 40.2 Å². The van der Waals surface area contributed by atoms with Gasteiger partial charge in [-0.3, -0.25) is 4.79 Å². The molecule has 3 aromatic rings. The molecule has 3 rings (SSSR count). The molecule has 0 unspecified atom stereocenters. The molecule has 1 N–H and O–H groups in total. The molecular formula is C9H5ClN6OS. The van der Waals surface area contributed by atoms with Crippen LogP contribution in [0.3, 0.4) is 0 Å². The summed E-state index contributed by atoms with van der Waals surface area (Å²) in [6, 6.07) is 2.97. The number of nitrogens with zero attached hydrogens (tertiary/aromatic N) is 5. The van der Waals surface area contributed by atoms with Crippen LogP contribution in [-0.4, -0.2) is 29.5 Å². The van der Waals surface area contributed by atoms with E-state index in [1.54, 1.807) is 6.07 Å². The second-order valence-electron chi connectivity index (χ2n) is 3.23. The SMILES string of the molecule is O=c1ccnc(Sc2cc(Cl)nc3ncnn23)[nH]1. The fraction of sp³-hybridized carbons (Fsp3) is 0. The van der Waals surface area contributed by atoms with Crippen LogP contribution in [0.1, 0.15) is 0 Å². The van der Waals surface area contributed by atoms with Crippen molar-refractivity contribution in [2.24, 2.45) is 0 Å². The van der Waals surface area contributed by atoms with Crippen molar-refractivity contribution in [3.8, 4) is 0 Å². The highest BCUT2D eigenvalue weighted by Crippen LogP contribution is 2.25. The summed E-state index contributed by atoms with van der Waals surface area (Å²) in [4.78, 5) is 25.8. The highest BCUT2D eigenvalue weighted by Gasteiger charge is 2.09. The van der Waals surface area contributed by atoms with Gasteiger partial charge in [-0.25, -0.2) is 4.98 Å². The molecule has 3 heterocycles. The Morgan fingerprint density at radius 1 is 1.39 bits per heavy atom. The highest BCUT2D eigenvalue weighted by molar-refractivity contribution is 7.99. The first-order valence-corrected chi connectivity index (χ1v) is 6.01. The second kappa shape index (κ2) is 4.39. The topological polar surface area (TPSA) is 88.8 Å². The van der Waals surface area contributed by atoms with Gasteiger partial charge in [-0.15, -0.1) is 0 Å². The van der Waals surface area contributed by atoms with Crippen LogP contribution in [0.4, 0.5) is 0 Å². The Morgan fingerprint density at radius 3 is 3.11 bits per heavy atom. The molecule has 0 spiro atoms. The third kappa shape index (κ3) is 2.07. The number of halogens is 1. The fourth-order valence-electron chi connectivity index (χ4n) is 1.33. The van der Waals surface area contributed by atoms with Crippen molar-refractivity contribution in [2.45, 2.75) is 10.2 Å². The van der Waals surface area contributed by atoms with Crippen LogP contribution in [0.25, 0.3) is 5.78 Å². The Balaban J connectivity index is 2.09. The second-order valence-corrected chi connectivity index (χ2v) is 4.63. The molecule has 0 aliphatic heterocycles. The first-order valence-electron chi connectivity index (χ1n) is 4.82. The largest absolute Gasteiger partial charge is 0.301 e. The Labute approximate surface area is 109 Å². The van der Waals surface area contributed by atoms with Gasteiger partial charge in [0.05, 0.1) is 0 Å². The van der Waals surface area contributed by atoms with E-state index in [9.17, 15) is 4.79 Å². The first kappa shape index (κ1) is 11.2. The molecule has 3 aromatic heterocycles. The summed E-state index contributed by atoms with van der Waals surface area (Å²) in [6.45, 7) is 0. The van der Waals surface area contributed by atoms with Crippen molar-refractivity contribution < 1.29 is 0 Å². The average molecular weight is 281 g/mol. The number of H-pyrrole nitrogens is 1. The molecule has 0 saturated carbocycles. The number of hydrogen-bond donors (Lipinski definition) is 1. The minimum Gasteiger partial charge on any atom is -0.301 e. The van der Waals surface area contributed by atoms with Crippen molar-refractivity contribution in [1.29, 1.82) is 0 Å². The summed E-state index contributed by atoms with van der Waals surface area (Å²) in [6.07, 6.45) is 2.81. The van der Waals surface area contributed by atoms with Crippen LogP contribution in [0, 0.1) is 0 Å². The molecule has 0 fully saturated rings. The minimum atomic E-state index is -0.220. The van der Waals surface area contributed by atoms with Crippen LogP contribution < -0.4 is 5.56 Å². The number of hydrogen-bond acceptors (Lipinski definition) is 6. The lowest BCUT2D eigenvalue weighted by molar-refractivity contribution is 0.835. The molecular weight excluding hydrogens is 276 g/mol. The van der Waals surface area contributed by atoms with E-state index in [2.05, 4.69) is 25.0 Å². The molecule has 0 radical (unpaired) electrons. The summed E-state index contributed by atoms with van der Waals surface area (Å²) in [5.74, 6) is 0.392. The van der Waals surface area contributed by atoms with Gasteiger partial charge in [0.15, 0.2) is 5.16 Å². The lowest BCUT2D eigenvalue weighted by Gasteiger charge is -2.02. The van der Waals surface area contributed by atoms with Gasteiger partial charge in [0.2, 0.25) is 0 Å². The van der Waals surface area contributed by atoms with E-state index in [0.717, 1.165) is 0 Å². The predicted molar refractivity (Wildman–Crippen MR) is 64.8 cm³/mol. The Hall–Kier alpha value is -1.93. The smallest absolute Gasteiger partial charge is 0.254 e. The van der Waals surface area contributed by atoms with E-state index in [1.165, 1.54) is 34.9 Å². The average Bonchev–Trinajstić information content (AvgIpc) is 2.77. The van der Waals surface area contributed by atoms with Gasteiger partial charge in [-0.1, -0.05) is 11.6 Å². The molecule has 90 valence electrons. The molecule has 0 aliphatic rings. The maximum Gasteiger partial charge on any atom is 0.254 e. The summed E-state index contributed by atoms with van der Waals surface area (Å²) < 4.78 is 1.52. The standard InChI is InChI=1S/C9H5ClN6OS/c10-5-3-7(16-8(14-5)12-4-13-16)18-9-11-2-1-6(17)15-9/h1-4H,(H,11,15,17). The van der Waals surface area contributed by atoms with Crippen molar-refractivity contribution >= 4 is 29.1 Å². The van der Waals surface area contributed by atoms with Crippen LogP contribution in [0.2, 0.25) is 5.15 Å². The molecule has 9 heteroatoms. The number of rotatable bonds is 2. The van der Waals surface area contributed by atoms with Gasteiger partial charge < -0.3 is 4.98 Å². The van der Waals surface area contributed by atoms with Gasteiger partial charge >= 0.3 is 0 Å². The zero-order valence-corrected chi connectivity index (χ0v) is 10.3. The van der Waals surface area contributed by atoms with Crippen LogP contribution in [-0.2, 0) is 0 Å². The first-order chi connectivity index (χ1) is 8.72. The number of nitrogens with one attached hydrogen (secondary N) is 1. The van der Waals surface area contributed by atoms with E-state index in [-0.39, 0.29) is 5.56 Å². The fourth-order valence-corrected chi connectivity index (χ4v) is 2.43. The number of aromatic nitrogens is 6. The molecule has 0 atom stereocenters. The van der Waals surface area contributed by atoms with Crippen molar-refractivity contribution in [1.82, 2.24) is 29.5 Å². The van der Waals surface area contributed by atoms with E-state index in [1.807, 2.05) is 0 Å². The summed E-state index contributed by atoms with van der Waals surface area (Å²) in [7, 11) is 0. The summed E-state index contributed by atoms with van der Waals surface area (Å²) in [5, 5.41) is 5.43. The summed E-state index contributed by atoms with van der Waals surface area (Å²) >= 11 is 7.10. The van der Waals surface area contributed by atoms with Crippen LogP contribution >= 0.6 is 23.4 Å². The third-order valence-electron chi connectivity index (χ3n) is 2.04. The minimum absolute atomic E-state index is 0.220. The van der Waals surface area contributed by atoms with Crippen molar-refractivity contribution in [2.75, 3.05) is 0 Å². The van der Waals surface area contributed by atoms with Gasteiger partial charge in [-0.05, 0) is 11.8 Å². The molecule has 0 aliphatic carbocycles. The lowest BCUT2D eigenvalue weighted by Crippen LogP contribution is -2.05. The molecule has 0 aromatic carbocycles. The molecule has 0 saturated heterocycles. The third-order valence-corrected chi connectivity index (χ3v) is 3.13. The van der Waals surface area contributed by atoms with Gasteiger partial charge in [0.25, 0.3) is 11.3 Å².